The summed E-state index contributed by atoms with van der Waals surface area (Å²) in [7, 11) is 0. The molecule has 0 fully saturated rings. The molecule has 2 aromatic rings. The lowest BCUT2D eigenvalue weighted by Crippen LogP contribution is -2.20. The Kier molecular flexibility index (Phi) is 4.42. The molecule has 2 aromatic carbocycles. The summed E-state index contributed by atoms with van der Waals surface area (Å²) in [5, 5.41) is 2.68. The van der Waals surface area contributed by atoms with Crippen molar-refractivity contribution in [2.45, 2.75) is 13.0 Å². The Morgan fingerprint density at radius 2 is 1.78 bits per heavy atom. The molecule has 0 spiro atoms. The zero-order chi connectivity index (χ0) is 12.8. The van der Waals surface area contributed by atoms with Crippen LogP contribution in [0.3, 0.4) is 0 Å². The van der Waals surface area contributed by atoms with Crippen molar-refractivity contribution in [1.29, 1.82) is 0 Å². The zero-order valence-electron chi connectivity index (χ0n) is 9.87. The largest absolute Gasteiger partial charge is 0.307 e. The lowest BCUT2D eigenvalue weighted by atomic mass is 10.0. The summed E-state index contributed by atoms with van der Waals surface area (Å²) in [4.78, 5) is 0. The fourth-order valence-corrected chi connectivity index (χ4v) is 1.69. The third-order valence-corrected chi connectivity index (χ3v) is 2.60. The molecule has 1 radical (unpaired) electrons. The quantitative estimate of drug-likeness (QED) is 0.851. The van der Waals surface area contributed by atoms with Gasteiger partial charge >= 0.3 is 0 Å². The first-order valence-electron chi connectivity index (χ1n) is 5.80. The standard InChI is InChI=1S/C15H14F2N/c16-15(17)11-18-10-12-6-8-14(9-7-12)13-4-2-1-3-5-13/h1-6,8-9,15,18H,10-11H2. The predicted octanol–water partition coefficient (Wildman–Crippen LogP) is 3.51. The maximum atomic E-state index is 12.0. The molecule has 0 bridgehead atoms. The van der Waals surface area contributed by atoms with Crippen molar-refractivity contribution in [1.82, 2.24) is 5.32 Å². The summed E-state index contributed by atoms with van der Waals surface area (Å²) in [5.74, 6) is 0. The topological polar surface area (TPSA) is 12.0 Å². The zero-order valence-corrected chi connectivity index (χ0v) is 9.87. The number of benzene rings is 2. The Hall–Kier alpha value is -1.74. The Labute approximate surface area is 105 Å². The Bertz CT molecular complexity index is 466. The van der Waals surface area contributed by atoms with E-state index in [-0.39, 0.29) is 6.54 Å². The highest BCUT2D eigenvalue weighted by Gasteiger charge is 2.01. The second-order valence-electron chi connectivity index (χ2n) is 3.99. The van der Waals surface area contributed by atoms with E-state index in [2.05, 4.69) is 11.4 Å². The number of hydrogen-bond acceptors (Lipinski definition) is 1. The molecule has 2 rings (SSSR count). The van der Waals surface area contributed by atoms with Crippen LogP contribution in [0, 0.1) is 6.07 Å². The molecular formula is C15H14F2N. The maximum absolute atomic E-state index is 12.0. The van der Waals surface area contributed by atoms with Gasteiger partial charge in [0.2, 0.25) is 0 Å². The van der Waals surface area contributed by atoms with E-state index in [9.17, 15) is 8.78 Å². The van der Waals surface area contributed by atoms with Crippen LogP contribution >= 0.6 is 0 Å². The number of alkyl halides is 2. The first-order valence-corrected chi connectivity index (χ1v) is 5.80. The monoisotopic (exact) mass is 246 g/mol. The van der Waals surface area contributed by atoms with Crippen LogP contribution < -0.4 is 5.32 Å². The van der Waals surface area contributed by atoms with Crippen LogP contribution in [0.4, 0.5) is 8.78 Å². The fraction of sp³-hybridized carbons (Fsp3) is 0.200. The van der Waals surface area contributed by atoms with Crippen LogP contribution in [0.25, 0.3) is 11.1 Å². The van der Waals surface area contributed by atoms with Crippen molar-refractivity contribution in [2.24, 2.45) is 0 Å². The van der Waals surface area contributed by atoms with Crippen LogP contribution in [0.5, 0.6) is 0 Å². The number of hydrogen-bond donors (Lipinski definition) is 1. The van der Waals surface area contributed by atoms with E-state index >= 15 is 0 Å². The predicted molar refractivity (Wildman–Crippen MR) is 68.4 cm³/mol. The molecule has 0 unspecified atom stereocenters. The third kappa shape index (κ3) is 3.64. The molecule has 0 atom stereocenters. The van der Waals surface area contributed by atoms with Gasteiger partial charge < -0.3 is 5.32 Å². The van der Waals surface area contributed by atoms with E-state index < -0.39 is 6.43 Å². The molecule has 0 aliphatic carbocycles. The van der Waals surface area contributed by atoms with Crippen molar-refractivity contribution >= 4 is 0 Å². The smallest absolute Gasteiger partial charge is 0.250 e. The minimum atomic E-state index is -2.31. The molecule has 1 N–H and O–H groups in total. The van der Waals surface area contributed by atoms with Crippen molar-refractivity contribution < 1.29 is 8.78 Å². The molecule has 18 heavy (non-hydrogen) atoms. The number of halogens is 2. The molecule has 0 aliphatic heterocycles. The van der Waals surface area contributed by atoms with E-state index in [1.807, 2.05) is 48.5 Å². The molecule has 0 aliphatic rings. The second-order valence-corrected chi connectivity index (χ2v) is 3.99. The van der Waals surface area contributed by atoms with E-state index in [1.54, 1.807) is 0 Å². The third-order valence-electron chi connectivity index (χ3n) is 2.60. The van der Waals surface area contributed by atoms with Gasteiger partial charge in [0, 0.05) is 6.54 Å². The van der Waals surface area contributed by atoms with E-state index in [4.69, 9.17) is 0 Å². The molecule has 0 amide bonds. The molecule has 0 heterocycles. The highest BCUT2D eigenvalue weighted by Crippen LogP contribution is 2.18. The Morgan fingerprint density at radius 3 is 2.39 bits per heavy atom. The van der Waals surface area contributed by atoms with Gasteiger partial charge in [-0.1, -0.05) is 42.5 Å². The van der Waals surface area contributed by atoms with E-state index in [0.717, 1.165) is 16.7 Å². The first kappa shape index (κ1) is 12.7. The molecular weight excluding hydrogens is 232 g/mol. The van der Waals surface area contributed by atoms with Gasteiger partial charge in [-0.2, -0.15) is 0 Å². The fourth-order valence-electron chi connectivity index (χ4n) is 1.69. The van der Waals surface area contributed by atoms with Crippen molar-refractivity contribution in [3.8, 4) is 11.1 Å². The van der Waals surface area contributed by atoms with Gasteiger partial charge in [-0.3, -0.25) is 0 Å². The normalized spacial score (nSPS) is 10.8. The highest BCUT2D eigenvalue weighted by molar-refractivity contribution is 5.63. The number of nitrogens with one attached hydrogen (secondary N) is 1. The summed E-state index contributed by atoms with van der Waals surface area (Å²) in [5.41, 5.74) is 3.09. The maximum Gasteiger partial charge on any atom is 0.250 e. The summed E-state index contributed by atoms with van der Waals surface area (Å²) in [6.45, 7) is 0.133. The van der Waals surface area contributed by atoms with Crippen LogP contribution in [0.15, 0.2) is 48.5 Å². The van der Waals surface area contributed by atoms with E-state index in [0.29, 0.717) is 6.54 Å². The van der Waals surface area contributed by atoms with Crippen LogP contribution in [0.1, 0.15) is 5.56 Å². The van der Waals surface area contributed by atoms with Crippen molar-refractivity contribution in [3.05, 3.63) is 60.2 Å². The molecule has 0 aromatic heterocycles. The molecule has 0 saturated heterocycles. The first-order chi connectivity index (χ1) is 8.75. The van der Waals surface area contributed by atoms with Crippen LogP contribution in [-0.2, 0) is 6.54 Å². The van der Waals surface area contributed by atoms with Crippen LogP contribution in [0.2, 0.25) is 0 Å². The van der Waals surface area contributed by atoms with Crippen LogP contribution in [-0.4, -0.2) is 13.0 Å². The number of rotatable bonds is 5. The van der Waals surface area contributed by atoms with Crippen molar-refractivity contribution in [3.63, 3.8) is 0 Å². The van der Waals surface area contributed by atoms with Crippen molar-refractivity contribution in [2.75, 3.05) is 6.54 Å². The molecule has 3 heteroatoms. The molecule has 1 nitrogen and oxygen atoms in total. The van der Waals surface area contributed by atoms with Gasteiger partial charge in [0.15, 0.2) is 0 Å². The summed E-state index contributed by atoms with van der Waals surface area (Å²) >= 11 is 0. The van der Waals surface area contributed by atoms with Gasteiger partial charge in [-0.25, -0.2) is 8.78 Å². The minimum Gasteiger partial charge on any atom is -0.307 e. The molecule has 0 saturated carbocycles. The Morgan fingerprint density at radius 1 is 1.00 bits per heavy atom. The van der Waals surface area contributed by atoms with Gasteiger partial charge in [0.1, 0.15) is 0 Å². The SMILES string of the molecule is FC(F)CNCc1[c]cc(-c2ccccc2)cc1. The van der Waals surface area contributed by atoms with E-state index in [1.165, 1.54) is 0 Å². The highest BCUT2D eigenvalue weighted by atomic mass is 19.3. The summed E-state index contributed by atoms with van der Waals surface area (Å²) in [6.07, 6.45) is -2.31. The average molecular weight is 246 g/mol. The second kappa shape index (κ2) is 6.26. The lowest BCUT2D eigenvalue weighted by molar-refractivity contribution is 0.145. The average Bonchev–Trinajstić information content (AvgIpc) is 2.40. The summed E-state index contributed by atoms with van der Waals surface area (Å²) < 4.78 is 23.9. The summed E-state index contributed by atoms with van der Waals surface area (Å²) in [6, 6.07) is 18.8. The van der Waals surface area contributed by atoms with Gasteiger partial charge in [-0.15, -0.1) is 0 Å². The van der Waals surface area contributed by atoms with Gasteiger partial charge in [0.25, 0.3) is 6.43 Å². The van der Waals surface area contributed by atoms with Gasteiger partial charge in [0.05, 0.1) is 6.54 Å². The molecule has 93 valence electrons. The Balaban J connectivity index is 1.98. The lowest BCUT2D eigenvalue weighted by Gasteiger charge is -2.05. The minimum absolute atomic E-state index is 0.283. The van der Waals surface area contributed by atoms with Gasteiger partial charge in [-0.05, 0) is 28.8 Å².